The lowest BCUT2D eigenvalue weighted by Crippen LogP contribution is -2.32. The van der Waals surface area contributed by atoms with Crippen LogP contribution >= 0.6 is 0 Å². The van der Waals surface area contributed by atoms with Crippen molar-refractivity contribution in [3.63, 3.8) is 0 Å². The number of aliphatic hydroxyl groups excluding tert-OH is 1. The van der Waals surface area contributed by atoms with Crippen LogP contribution in [0.15, 0.2) is 97.7 Å². The maximum Gasteiger partial charge on any atom is 0.228 e. The summed E-state index contributed by atoms with van der Waals surface area (Å²) < 4.78 is 0. The van der Waals surface area contributed by atoms with E-state index in [1.807, 2.05) is 36.5 Å². The molecule has 0 unspecified atom stereocenters. The van der Waals surface area contributed by atoms with Crippen LogP contribution in [0.25, 0.3) is 0 Å². The van der Waals surface area contributed by atoms with Crippen LogP contribution in [0, 0.1) is 5.41 Å². The van der Waals surface area contributed by atoms with E-state index in [-0.39, 0.29) is 18.6 Å². The Bertz CT molecular complexity index is 691. The average molecular weight is 351 g/mol. The van der Waals surface area contributed by atoms with Crippen LogP contribution in [0.4, 0.5) is 0 Å². The highest BCUT2D eigenvalue weighted by Gasteiger charge is 2.42. The van der Waals surface area contributed by atoms with Gasteiger partial charge in [-0.2, -0.15) is 0 Å². The Morgan fingerprint density at radius 2 is 1.88 bits per heavy atom. The summed E-state index contributed by atoms with van der Waals surface area (Å²) in [6.07, 6.45) is 17.9. The van der Waals surface area contributed by atoms with Gasteiger partial charge in [0.1, 0.15) is 0 Å². The number of amides is 1. The predicted molar refractivity (Wildman–Crippen MR) is 111 cm³/mol. The van der Waals surface area contributed by atoms with Gasteiger partial charge >= 0.3 is 0 Å². The zero-order valence-corrected chi connectivity index (χ0v) is 15.6. The topological polar surface area (TPSA) is 49.3 Å². The van der Waals surface area contributed by atoms with Crippen LogP contribution in [0.2, 0.25) is 0 Å². The monoisotopic (exact) mass is 351 g/mol. The fourth-order valence-corrected chi connectivity index (χ4v) is 2.81. The molecule has 3 nitrogen and oxygen atoms in total. The van der Waals surface area contributed by atoms with E-state index in [1.165, 1.54) is 0 Å². The average Bonchev–Trinajstić information content (AvgIpc) is 2.90. The predicted octanol–water partition coefficient (Wildman–Crippen LogP) is 4.34. The zero-order valence-electron chi connectivity index (χ0n) is 15.6. The van der Waals surface area contributed by atoms with Crippen molar-refractivity contribution >= 4 is 5.91 Å². The SMILES string of the molecule is C=C/C=C\C(=C/C=C)C(=C)/C=C\C(=C/C=C)C[C@@H]1C[C@@](C)(CO)C(=O)N1. The highest BCUT2D eigenvalue weighted by Crippen LogP contribution is 2.31. The molecule has 3 heteroatoms. The first-order valence-electron chi connectivity index (χ1n) is 8.62. The molecule has 1 aliphatic heterocycles. The van der Waals surface area contributed by atoms with Crippen LogP contribution in [0.3, 0.4) is 0 Å². The smallest absolute Gasteiger partial charge is 0.228 e. The van der Waals surface area contributed by atoms with E-state index in [2.05, 4.69) is 31.6 Å². The Balaban J connectivity index is 2.87. The number of hydrogen-bond acceptors (Lipinski definition) is 2. The largest absolute Gasteiger partial charge is 0.395 e. The minimum Gasteiger partial charge on any atom is -0.395 e. The number of carbonyl (C=O) groups is 1. The lowest BCUT2D eigenvalue weighted by Gasteiger charge is -2.16. The minimum absolute atomic E-state index is 0.00684. The van der Waals surface area contributed by atoms with Crippen LogP contribution in [0.5, 0.6) is 0 Å². The third kappa shape index (κ3) is 6.01. The fourth-order valence-electron chi connectivity index (χ4n) is 2.81. The highest BCUT2D eigenvalue weighted by atomic mass is 16.3. The quantitative estimate of drug-likeness (QED) is 0.575. The van der Waals surface area contributed by atoms with E-state index in [1.54, 1.807) is 25.2 Å². The maximum absolute atomic E-state index is 12.0. The van der Waals surface area contributed by atoms with Gasteiger partial charge in [-0.25, -0.2) is 0 Å². The Morgan fingerprint density at radius 3 is 2.42 bits per heavy atom. The van der Waals surface area contributed by atoms with Crippen molar-refractivity contribution in [1.82, 2.24) is 5.32 Å². The zero-order chi connectivity index (χ0) is 19.6. The Kier molecular flexibility index (Phi) is 8.53. The van der Waals surface area contributed by atoms with E-state index >= 15 is 0 Å². The summed E-state index contributed by atoms with van der Waals surface area (Å²) in [5, 5.41) is 12.4. The molecular weight excluding hydrogens is 322 g/mol. The molecule has 0 aromatic heterocycles. The molecule has 138 valence electrons. The van der Waals surface area contributed by atoms with Crippen LogP contribution < -0.4 is 5.32 Å². The Hall–Kier alpha value is -2.65. The lowest BCUT2D eigenvalue weighted by molar-refractivity contribution is -0.128. The van der Waals surface area contributed by atoms with Gasteiger partial charge in [-0.05, 0) is 36.5 Å². The van der Waals surface area contributed by atoms with Crippen LogP contribution in [-0.4, -0.2) is 23.7 Å². The lowest BCUT2D eigenvalue weighted by atomic mass is 9.86. The van der Waals surface area contributed by atoms with Gasteiger partial charge in [0.25, 0.3) is 0 Å². The van der Waals surface area contributed by atoms with Gasteiger partial charge < -0.3 is 10.4 Å². The van der Waals surface area contributed by atoms with Gasteiger partial charge in [-0.15, -0.1) is 0 Å². The summed E-state index contributed by atoms with van der Waals surface area (Å²) in [7, 11) is 0. The molecule has 2 atom stereocenters. The number of allylic oxidation sites excluding steroid dienone is 11. The minimum atomic E-state index is -0.702. The molecule has 1 aliphatic rings. The van der Waals surface area contributed by atoms with Crippen molar-refractivity contribution in [3.05, 3.63) is 97.7 Å². The normalized spacial score (nSPS) is 24.1. The first kappa shape index (κ1) is 21.4. The molecule has 0 aromatic rings. The van der Waals surface area contributed by atoms with Crippen molar-refractivity contribution in [3.8, 4) is 0 Å². The Morgan fingerprint density at radius 1 is 1.19 bits per heavy atom. The van der Waals surface area contributed by atoms with Gasteiger partial charge in [0.15, 0.2) is 0 Å². The number of hydrogen-bond donors (Lipinski definition) is 2. The van der Waals surface area contributed by atoms with Crippen LogP contribution in [0.1, 0.15) is 19.8 Å². The van der Waals surface area contributed by atoms with Crippen molar-refractivity contribution in [2.75, 3.05) is 6.61 Å². The fraction of sp³-hybridized carbons (Fsp3) is 0.261. The molecule has 0 aliphatic carbocycles. The first-order chi connectivity index (χ1) is 12.4. The third-order valence-corrected chi connectivity index (χ3v) is 4.32. The standard InChI is InChI=1S/C23H29NO2/c1-6-9-12-20(11-8-3)18(4)13-14-19(10-7-2)15-21-16-23(5,17-25)22(26)24-21/h6-14,21,25H,1-4,15-17H2,5H3,(H,24,26)/b12-9-,14-13-,19-10+,20-11+/t21-,23+/m1/s1. The number of nitrogens with one attached hydrogen (secondary N) is 1. The van der Waals surface area contributed by atoms with Gasteiger partial charge in [0.05, 0.1) is 12.0 Å². The molecular formula is C23H29NO2. The summed E-state index contributed by atoms with van der Waals surface area (Å²) in [6.45, 7) is 16.9. The van der Waals surface area contributed by atoms with Crippen molar-refractivity contribution in [2.24, 2.45) is 5.41 Å². The van der Waals surface area contributed by atoms with E-state index in [9.17, 15) is 9.90 Å². The summed E-state index contributed by atoms with van der Waals surface area (Å²) in [4.78, 5) is 12.0. The summed E-state index contributed by atoms with van der Waals surface area (Å²) in [5.74, 6) is -0.0953. The molecule has 0 spiro atoms. The summed E-state index contributed by atoms with van der Waals surface area (Å²) in [6, 6.07) is -0.00684. The van der Waals surface area contributed by atoms with Gasteiger partial charge in [-0.1, -0.05) is 81.0 Å². The van der Waals surface area contributed by atoms with Crippen molar-refractivity contribution < 1.29 is 9.90 Å². The number of aliphatic hydroxyl groups is 1. The van der Waals surface area contributed by atoms with E-state index in [4.69, 9.17) is 0 Å². The molecule has 0 aromatic carbocycles. The van der Waals surface area contributed by atoms with Gasteiger partial charge in [0, 0.05) is 6.04 Å². The van der Waals surface area contributed by atoms with Gasteiger partial charge in [0.2, 0.25) is 5.91 Å². The van der Waals surface area contributed by atoms with E-state index in [0.29, 0.717) is 12.8 Å². The second kappa shape index (κ2) is 10.4. The van der Waals surface area contributed by atoms with E-state index < -0.39 is 5.41 Å². The molecule has 0 saturated carbocycles. The maximum atomic E-state index is 12.0. The molecule has 1 amide bonds. The van der Waals surface area contributed by atoms with Gasteiger partial charge in [-0.3, -0.25) is 4.79 Å². The molecule has 26 heavy (non-hydrogen) atoms. The molecule has 1 fully saturated rings. The molecule has 2 N–H and O–H groups in total. The summed E-state index contributed by atoms with van der Waals surface area (Å²) >= 11 is 0. The number of carbonyl (C=O) groups excluding carboxylic acids is 1. The highest BCUT2D eigenvalue weighted by molar-refractivity contribution is 5.85. The van der Waals surface area contributed by atoms with E-state index in [0.717, 1.165) is 16.7 Å². The molecule has 0 radical (unpaired) electrons. The Labute approximate surface area is 157 Å². The molecule has 0 bridgehead atoms. The third-order valence-electron chi connectivity index (χ3n) is 4.32. The van der Waals surface area contributed by atoms with Crippen molar-refractivity contribution in [1.29, 1.82) is 0 Å². The van der Waals surface area contributed by atoms with Crippen LogP contribution in [-0.2, 0) is 4.79 Å². The molecule has 1 saturated heterocycles. The summed E-state index contributed by atoms with van der Waals surface area (Å²) in [5.41, 5.74) is 2.11. The van der Waals surface area contributed by atoms with Crippen molar-refractivity contribution in [2.45, 2.75) is 25.8 Å². The first-order valence-corrected chi connectivity index (χ1v) is 8.62. The number of rotatable bonds is 10. The second-order valence-corrected chi connectivity index (χ2v) is 6.59. The molecule has 1 rings (SSSR count). The molecule has 1 heterocycles. The second-order valence-electron chi connectivity index (χ2n) is 6.59.